The number of nitrogens with two attached hydrogens (primary N) is 4. The molecule has 7 aromatic heterocycles. The average Bonchev–Trinajstić information content (AvgIpc) is 3.84. The molecule has 0 bridgehead atoms. The molecule has 0 amide bonds. The van der Waals surface area contributed by atoms with Crippen LogP contribution in [-0.4, -0.2) is 114 Å². The first-order valence-corrected chi connectivity index (χ1v) is 25.8. The van der Waals surface area contributed by atoms with Gasteiger partial charge in [0.1, 0.15) is 111 Å². The summed E-state index contributed by atoms with van der Waals surface area (Å²) in [6, 6.07) is 23.6. The third-order valence-electron chi connectivity index (χ3n) is 12.2. The van der Waals surface area contributed by atoms with E-state index in [1.165, 1.54) is 90.7 Å². The molecule has 30 heteroatoms. The van der Waals surface area contributed by atoms with Gasteiger partial charge < -0.3 is 71.5 Å². The number of nitrogen functional groups attached to an aromatic ring is 4. The van der Waals surface area contributed by atoms with Gasteiger partial charge in [-0.05, 0) is 79.0 Å². The van der Waals surface area contributed by atoms with Gasteiger partial charge in [0.2, 0.25) is 23.5 Å². The van der Waals surface area contributed by atoms with Crippen LogP contribution in [0.25, 0.3) is 32.7 Å². The number of aromatic nitrogens is 11. The fourth-order valence-electron chi connectivity index (χ4n) is 8.02. The van der Waals surface area contributed by atoms with E-state index in [1.54, 1.807) is 43.0 Å². The molecule has 2 aliphatic rings. The molecule has 10 aromatic rings. The Hall–Kier alpha value is -12.5. The van der Waals surface area contributed by atoms with Crippen LogP contribution in [-0.2, 0) is 19.4 Å². The summed E-state index contributed by atoms with van der Waals surface area (Å²) < 4.78 is 51.2. The largest absolute Gasteiger partial charge is 0.438 e. The first-order valence-electron chi connectivity index (χ1n) is 25.8. The van der Waals surface area contributed by atoms with Crippen LogP contribution in [0, 0.1) is 11.7 Å². The lowest BCUT2D eigenvalue weighted by molar-refractivity contribution is 0.215. The quantitative estimate of drug-likeness (QED) is 0.0390. The topological polar surface area (TPSA) is 384 Å². The van der Waals surface area contributed by atoms with Gasteiger partial charge in [-0.3, -0.25) is 9.97 Å². The summed E-state index contributed by atoms with van der Waals surface area (Å²) >= 11 is 0. The average molecular weight is 1200 g/mol. The summed E-state index contributed by atoms with van der Waals surface area (Å²) in [5, 5.41) is 20.0. The Morgan fingerprint density at radius 3 is 1.56 bits per heavy atom. The number of nitrogens with zero attached hydrogens (tertiary/aromatic N) is 14. The van der Waals surface area contributed by atoms with Crippen LogP contribution in [0.5, 0.6) is 40.8 Å². The first kappa shape index (κ1) is 60.1. The van der Waals surface area contributed by atoms with Crippen LogP contribution in [0.2, 0.25) is 0 Å². The van der Waals surface area contributed by atoms with Crippen LogP contribution in [0.15, 0.2) is 179 Å². The molecule has 2 atom stereocenters. The number of nitrogens with one attached hydrogen (secondary N) is 2. The lowest BCUT2D eigenvalue weighted by atomic mass is 9.96. The molecule has 8 heterocycles. The van der Waals surface area contributed by atoms with E-state index in [4.69, 9.17) is 41.9 Å². The van der Waals surface area contributed by atoms with Crippen molar-refractivity contribution < 1.29 is 47.1 Å². The minimum atomic E-state index is -0.495. The van der Waals surface area contributed by atoms with E-state index in [-0.39, 0.29) is 58.5 Å². The number of pyridine rings is 2. The molecule has 28 nitrogen and oxygen atoms in total. The summed E-state index contributed by atoms with van der Waals surface area (Å²) in [7, 11) is 5.65. The maximum Gasteiger partial charge on any atom is 0.233 e. The summed E-state index contributed by atoms with van der Waals surface area (Å²) in [6.07, 6.45) is 22.5. The van der Waals surface area contributed by atoms with E-state index in [0.29, 0.717) is 56.4 Å². The van der Waals surface area contributed by atoms with Gasteiger partial charge in [0, 0.05) is 52.3 Å². The number of halogens is 2. The van der Waals surface area contributed by atoms with Gasteiger partial charge in [0.25, 0.3) is 0 Å². The number of hydrogen-bond donors (Lipinski definition) is 6. The highest BCUT2D eigenvalue weighted by atomic mass is 19.1. The Morgan fingerprint density at radius 1 is 0.500 bits per heavy atom. The summed E-state index contributed by atoms with van der Waals surface area (Å²) in [6.45, 7) is 0. The number of anilines is 4. The van der Waals surface area contributed by atoms with Crippen molar-refractivity contribution in [1.29, 1.82) is 0 Å². The maximum absolute atomic E-state index is 14.4. The van der Waals surface area contributed by atoms with E-state index in [9.17, 15) is 8.78 Å². The van der Waals surface area contributed by atoms with Crippen LogP contribution in [0.1, 0.15) is 22.3 Å². The molecule has 0 saturated heterocycles. The highest BCUT2D eigenvalue weighted by Crippen LogP contribution is 2.34. The van der Waals surface area contributed by atoms with Gasteiger partial charge in [-0.1, -0.05) is 38.8 Å². The zero-order chi connectivity index (χ0) is 61.8. The Morgan fingerprint density at radius 2 is 1.00 bits per heavy atom. The van der Waals surface area contributed by atoms with E-state index in [2.05, 4.69) is 100 Å². The number of ether oxygens (including phenoxy) is 4. The number of aromatic amines is 1. The van der Waals surface area contributed by atoms with Gasteiger partial charge in [-0.15, -0.1) is 0 Å². The van der Waals surface area contributed by atoms with Crippen molar-refractivity contribution in [3.05, 3.63) is 187 Å². The molecule has 446 valence electrons. The van der Waals surface area contributed by atoms with E-state index in [1.807, 2.05) is 66.7 Å². The third kappa shape index (κ3) is 15.0. The number of benzene rings is 3. The molecular weight excluding hydrogens is 1140 g/mol. The maximum atomic E-state index is 14.4. The van der Waals surface area contributed by atoms with Gasteiger partial charge in [-0.25, -0.2) is 48.7 Å². The fraction of sp³-hybridized carbons (Fsp3) is 0.103. The Labute approximate surface area is 498 Å². The number of oxime groups is 4. The van der Waals surface area contributed by atoms with E-state index in [0.717, 1.165) is 21.8 Å². The smallest absolute Gasteiger partial charge is 0.233 e. The highest BCUT2D eigenvalue weighted by Gasteiger charge is 2.28. The van der Waals surface area contributed by atoms with Gasteiger partial charge in [-0.2, -0.15) is 0 Å². The van der Waals surface area contributed by atoms with Crippen molar-refractivity contribution in [3.63, 3.8) is 0 Å². The van der Waals surface area contributed by atoms with Gasteiger partial charge in [0.05, 0.1) is 41.9 Å². The van der Waals surface area contributed by atoms with Crippen molar-refractivity contribution in [1.82, 2.24) is 60.1 Å². The molecule has 2 unspecified atom stereocenters. The number of H-pyrrole nitrogens is 1. The predicted octanol–water partition coefficient (Wildman–Crippen LogP) is 8.48. The highest BCUT2D eigenvalue weighted by molar-refractivity contribution is 5.91. The molecule has 0 saturated carbocycles. The number of hydrogen-bond acceptors (Lipinski definition) is 27. The van der Waals surface area contributed by atoms with Crippen molar-refractivity contribution in [2.45, 2.75) is 6.04 Å². The van der Waals surface area contributed by atoms with Crippen LogP contribution >= 0.6 is 0 Å². The van der Waals surface area contributed by atoms with Crippen LogP contribution in [0.4, 0.5) is 32.1 Å². The minimum absolute atomic E-state index is 0.0252. The molecule has 10 N–H and O–H groups in total. The monoisotopic (exact) mass is 1190 g/mol. The second-order valence-electron chi connectivity index (χ2n) is 17.7. The first-order chi connectivity index (χ1) is 42.9. The fourth-order valence-corrected chi connectivity index (χ4v) is 8.02. The molecule has 0 fully saturated rings. The second-order valence-corrected chi connectivity index (χ2v) is 17.7. The Balaban J connectivity index is 0.000000140. The van der Waals surface area contributed by atoms with Crippen molar-refractivity contribution >= 4 is 80.8 Å². The Bertz CT molecular complexity index is 4160. The van der Waals surface area contributed by atoms with Crippen molar-refractivity contribution in [2.24, 2.45) is 26.5 Å². The lowest BCUT2D eigenvalue weighted by Crippen LogP contribution is -2.27. The molecule has 12 rings (SSSR count). The number of allylic oxidation sites excluding steroid dienone is 1. The summed E-state index contributed by atoms with van der Waals surface area (Å²) in [4.78, 5) is 61.6. The number of rotatable bonds is 16. The minimum Gasteiger partial charge on any atom is -0.438 e. The molecular formula is C58H52F2N20O8. The Kier molecular flexibility index (Phi) is 19.9. The zero-order valence-corrected chi connectivity index (χ0v) is 46.9. The van der Waals surface area contributed by atoms with Crippen LogP contribution < -0.4 is 47.2 Å². The normalized spacial score (nSPS) is 14.0. The van der Waals surface area contributed by atoms with Gasteiger partial charge in [0.15, 0.2) is 23.2 Å². The second kappa shape index (κ2) is 29.2. The van der Waals surface area contributed by atoms with Gasteiger partial charge >= 0.3 is 0 Å². The standard InChI is InChI=1S/2C15H13N5O2.C14H14FN5O2.C14H12FN5O2/c1-21-20-8-12-14(16)18-9-19-15(12)22-11-4-5-13-10(7-11)3-2-6-17-13;1-21-20-8-12-14(16)18-9-19-15(12)22-11-5-4-10-3-2-6-17-13(10)7-11;1-21-20-6-9-13(16)18-7-19-14(9)22-12-4-8-2-3-17-11(8)5-10(12)15;1-21-20-6-9-13(16)18-7-19-14(9)22-11-3-2-10-8(12(11)15)4-5-17-10/h2*2-9H,1H3,(H2,16,18,19);2-8,11,17H,1H3,(H2,16,18,19);2-7,17H,1H3,(H2,16,18,19)/b2*20-8+;2*20-6+. The lowest BCUT2D eigenvalue weighted by Gasteiger charge is -2.20. The third-order valence-corrected chi connectivity index (χ3v) is 12.2. The molecule has 88 heavy (non-hydrogen) atoms. The molecule has 0 spiro atoms. The SMILES string of the molecule is CO/N=C/c1c(N)ncnc1OC1=CC2C=CNC2C=C1F.CO/N=C/c1c(N)ncnc1Oc1ccc2[nH]ccc2c1F.CO/N=C/c1c(N)ncnc1Oc1ccc2cccnc2c1.CO/N=C/c1c(N)ncnc1Oc1ccc2ncccc2c1. The van der Waals surface area contributed by atoms with Crippen molar-refractivity contribution in [2.75, 3.05) is 51.4 Å². The zero-order valence-electron chi connectivity index (χ0n) is 46.9. The van der Waals surface area contributed by atoms with E-state index >= 15 is 0 Å². The summed E-state index contributed by atoms with van der Waals surface area (Å²) in [5.41, 5.74) is 27.1. The van der Waals surface area contributed by atoms with Crippen LogP contribution in [0.3, 0.4) is 0 Å². The molecule has 1 aliphatic carbocycles. The molecule has 1 aliphatic heterocycles. The molecule has 0 radical (unpaired) electrons. The number of fused-ring (bicyclic) bond motifs is 4. The van der Waals surface area contributed by atoms with E-state index < -0.39 is 11.6 Å². The predicted molar refractivity (Wildman–Crippen MR) is 324 cm³/mol. The molecule has 3 aromatic carbocycles. The summed E-state index contributed by atoms with van der Waals surface area (Å²) in [5.74, 6) is 2.00. The van der Waals surface area contributed by atoms with Crippen molar-refractivity contribution in [3.8, 4) is 40.8 Å².